The van der Waals surface area contributed by atoms with Gasteiger partial charge in [-0.15, -0.1) is 11.3 Å². The molecule has 158 valence electrons. The molecule has 1 aromatic heterocycles. The van der Waals surface area contributed by atoms with E-state index in [1.54, 1.807) is 22.4 Å². The summed E-state index contributed by atoms with van der Waals surface area (Å²) < 4.78 is 0. The summed E-state index contributed by atoms with van der Waals surface area (Å²) in [5, 5.41) is 6.13. The van der Waals surface area contributed by atoms with Gasteiger partial charge in [-0.2, -0.15) is 0 Å². The first-order valence-electron chi connectivity index (χ1n) is 10.4. The minimum absolute atomic E-state index is 0.0593. The number of aromatic nitrogens is 1. The second-order valence-electron chi connectivity index (χ2n) is 7.64. The molecule has 4 rings (SSSR count). The van der Waals surface area contributed by atoms with Crippen LogP contribution in [0.5, 0.6) is 0 Å². The maximum Gasteiger partial charge on any atom is 0.223 e. The highest BCUT2D eigenvalue weighted by Crippen LogP contribution is 2.32. The first-order chi connectivity index (χ1) is 15.0. The van der Waals surface area contributed by atoms with Crippen molar-refractivity contribution in [1.29, 1.82) is 0 Å². The van der Waals surface area contributed by atoms with Gasteiger partial charge in [0.25, 0.3) is 0 Å². The Balaban J connectivity index is 1.33. The van der Waals surface area contributed by atoms with Crippen LogP contribution in [0.25, 0.3) is 17.3 Å². The minimum atomic E-state index is -0.278. The van der Waals surface area contributed by atoms with Gasteiger partial charge in [0, 0.05) is 30.6 Å². The van der Waals surface area contributed by atoms with Gasteiger partial charge < -0.3 is 10.2 Å². The van der Waals surface area contributed by atoms with Crippen molar-refractivity contribution < 1.29 is 9.59 Å². The topological polar surface area (TPSA) is 62.3 Å². The maximum absolute atomic E-state index is 12.6. The number of nitrogens with one attached hydrogen (secondary N) is 1. The van der Waals surface area contributed by atoms with Crippen LogP contribution in [0, 0.1) is 6.92 Å². The van der Waals surface area contributed by atoms with Crippen LogP contribution in [0.3, 0.4) is 0 Å². The molecule has 0 aliphatic carbocycles. The van der Waals surface area contributed by atoms with Gasteiger partial charge in [-0.25, -0.2) is 4.98 Å². The average Bonchev–Trinajstić information content (AvgIpc) is 3.20. The largest absolute Gasteiger partial charge is 0.356 e. The van der Waals surface area contributed by atoms with E-state index < -0.39 is 0 Å². The van der Waals surface area contributed by atoms with Gasteiger partial charge in [-0.1, -0.05) is 48.5 Å². The van der Waals surface area contributed by atoms with Gasteiger partial charge in [0.1, 0.15) is 0 Å². The van der Waals surface area contributed by atoms with Crippen molar-refractivity contribution in [2.45, 2.75) is 32.7 Å². The predicted octanol–water partition coefficient (Wildman–Crippen LogP) is 4.74. The number of hydrogen-bond donors (Lipinski definition) is 1. The number of hydrogen-bond acceptors (Lipinski definition) is 4. The quantitative estimate of drug-likeness (QED) is 0.613. The van der Waals surface area contributed by atoms with E-state index in [2.05, 4.69) is 39.9 Å². The lowest BCUT2D eigenvalue weighted by Crippen LogP contribution is -2.35. The second kappa shape index (κ2) is 9.27. The molecule has 1 aliphatic rings. The van der Waals surface area contributed by atoms with Crippen LogP contribution in [0.2, 0.25) is 0 Å². The van der Waals surface area contributed by atoms with Crippen LogP contribution in [-0.4, -0.2) is 28.2 Å². The van der Waals surface area contributed by atoms with Crippen LogP contribution in [0.15, 0.2) is 60.1 Å². The molecule has 0 spiro atoms. The lowest BCUT2D eigenvalue weighted by atomic mass is 9.93. The van der Waals surface area contributed by atoms with Crippen LogP contribution in [0.4, 0.5) is 0 Å². The van der Waals surface area contributed by atoms with Crippen molar-refractivity contribution in [2.75, 3.05) is 6.54 Å². The first-order valence-corrected chi connectivity index (χ1v) is 11.2. The van der Waals surface area contributed by atoms with E-state index in [1.165, 1.54) is 6.92 Å². The predicted molar refractivity (Wildman–Crippen MR) is 124 cm³/mol. The monoisotopic (exact) mass is 431 g/mol. The number of aryl methyl sites for hydroxylation is 1. The summed E-state index contributed by atoms with van der Waals surface area (Å²) in [5.41, 5.74) is 5.31. The Morgan fingerprint density at radius 3 is 2.61 bits per heavy atom. The molecule has 0 fully saturated rings. The Labute approximate surface area is 186 Å². The molecule has 0 saturated carbocycles. The molecule has 1 N–H and O–H groups in total. The number of carbonyl (C=O) groups excluding carboxylic acids is 2. The van der Waals surface area contributed by atoms with E-state index in [4.69, 9.17) is 0 Å². The molecule has 1 aliphatic heterocycles. The number of amides is 2. The van der Waals surface area contributed by atoms with E-state index >= 15 is 0 Å². The zero-order valence-electron chi connectivity index (χ0n) is 17.7. The third-order valence-corrected chi connectivity index (χ3v) is 6.23. The fourth-order valence-electron chi connectivity index (χ4n) is 3.85. The highest BCUT2D eigenvalue weighted by molar-refractivity contribution is 7.09. The third kappa shape index (κ3) is 4.91. The molecule has 3 aromatic rings. The van der Waals surface area contributed by atoms with Gasteiger partial charge in [0.15, 0.2) is 0 Å². The Morgan fingerprint density at radius 1 is 1.13 bits per heavy atom. The summed E-state index contributed by atoms with van der Waals surface area (Å²) in [5.74, 6) is -0.130. The Kier molecular flexibility index (Phi) is 6.28. The Morgan fingerprint density at radius 2 is 1.90 bits per heavy atom. The van der Waals surface area contributed by atoms with Gasteiger partial charge in [0.2, 0.25) is 11.8 Å². The summed E-state index contributed by atoms with van der Waals surface area (Å²) in [4.78, 5) is 30.9. The van der Waals surface area contributed by atoms with Crippen LogP contribution in [0.1, 0.15) is 41.1 Å². The number of fused-ring (bicyclic) bond motifs is 1. The third-order valence-electron chi connectivity index (χ3n) is 5.45. The average molecular weight is 432 g/mol. The Hall–Kier alpha value is -3.25. The van der Waals surface area contributed by atoms with Crippen molar-refractivity contribution in [1.82, 2.24) is 15.2 Å². The summed E-state index contributed by atoms with van der Waals surface area (Å²) >= 11 is 1.64. The molecule has 2 amide bonds. The van der Waals surface area contributed by atoms with Gasteiger partial charge in [-0.3, -0.25) is 9.59 Å². The maximum atomic E-state index is 12.6. The molecule has 5 nitrogen and oxygen atoms in total. The van der Waals surface area contributed by atoms with Gasteiger partial charge >= 0.3 is 0 Å². The molecule has 1 atom stereocenters. The standard InChI is InChI=1S/C25H25N3O2S/c1-17-27-23(16-31-17)21-9-7-19(8-10-21)11-13-26-25(30)15-24-22-6-4-3-5-20(22)12-14-28(24)18(2)29/h3-10,12,14,16,24H,11,13,15H2,1-2H3,(H,26,30)/t24-/m0/s1. The molecule has 2 heterocycles. The fraction of sp³-hybridized carbons (Fsp3) is 0.240. The molecule has 31 heavy (non-hydrogen) atoms. The smallest absolute Gasteiger partial charge is 0.223 e. The van der Waals surface area contributed by atoms with Crippen molar-refractivity contribution in [3.63, 3.8) is 0 Å². The van der Waals surface area contributed by atoms with Crippen LogP contribution < -0.4 is 5.32 Å². The number of thiazole rings is 1. The number of carbonyl (C=O) groups is 2. The molecular weight excluding hydrogens is 406 g/mol. The van der Waals surface area contributed by atoms with Gasteiger partial charge in [-0.05, 0) is 36.1 Å². The lowest BCUT2D eigenvalue weighted by molar-refractivity contribution is -0.129. The molecule has 6 heteroatoms. The summed E-state index contributed by atoms with van der Waals surface area (Å²) in [7, 11) is 0. The fourth-order valence-corrected chi connectivity index (χ4v) is 4.47. The normalized spacial score (nSPS) is 14.9. The summed E-state index contributed by atoms with van der Waals surface area (Å²) in [6, 6.07) is 15.9. The molecule has 0 bridgehead atoms. The number of nitrogens with zero attached hydrogens (tertiary/aromatic N) is 2. The first kappa shape index (κ1) is 21.0. The Bertz CT molecular complexity index is 1120. The molecule has 0 radical (unpaired) electrons. The zero-order chi connectivity index (χ0) is 21.8. The SMILES string of the molecule is CC(=O)N1C=Cc2ccccc2[C@@H]1CC(=O)NCCc1ccc(-c2csc(C)n2)cc1. The number of rotatable bonds is 6. The van der Waals surface area contributed by atoms with E-state index in [0.717, 1.165) is 39.4 Å². The zero-order valence-corrected chi connectivity index (χ0v) is 18.5. The van der Waals surface area contributed by atoms with E-state index in [-0.39, 0.29) is 24.3 Å². The second-order valence-corrected chi connectivity index (χ2v) is 8.70. The van der Waals surface area contributed by atoms with Crippen molar-refractivity contribution in [2.24, 2.45) is 0 Å². The van der Waals surface area contributed by atoms with E-state index in [9.17, 15) is 9.59 Å². The highest BCUT2D eigenvalue weighted by Gasteiger charge is 2.27. The van der Waals surface area contributed by atoms with Crippen LogP contribution in [-0.2, 0) is 16.0 Å². The summed E-state index contributed by atoms with van der Waals surface area (Å²) in [6.07, 6.45) is 4.68. The van der Waals surface area contributed by atoms with E-state index in [0.29, 0.717) is 6.54 Å². The van der Waals surface area contributed by atoms with Crippen molar-refractivity contribution >= 4 is 29.2 Å². The number of benzene rings is 2. The van der Waals surface area contributed by atoms with Crippen LogP contribution >= 0.6 is 11.3 Å². The molecule has 0 saturated heterocycles. The highest BCUT2D eigenvalue weighted by atomic mass is 32.1. The summed E-state index contributed by atoms with van der Waals surface area (Å²) in [6.45, 7) is 4.08. The lowest BCUT2D eigenvalue weighted by Gasteiger charge is -2.32. The van der Waals surface area contributed by atoms with Crippen molar-refractivity contribution in [3.05, 3.63) is 81.8 Å². The minimum Gasteiger partial charge on any atom is -0.356 e. The molecular formula is C25H25N3O2S. The molecule has 2 aromatic carbocycles. The van der Waals surface area contributed by atoms with E-state index in [1.807, 2.05) is 37.3 Å². The van der Waals surface area contributed by atoms with Crippen molar-refractivity contribution in [3.8, 4) is 11.3 Å². The molecule has 0 unspecified atom stereocenters. The van der Waals surface area contributed by atoms with Gasteiger partial charge in [0.05, 0.1) is 23.2 Å².